The number of ether oxygens (including phenoxy) is 1. The van der Waals surface area contributed by atoms with Gasteiger partial charge < -0.3 is 15.8 Å². The van der Waals surface area contributed by atoms with E-state index in [1.165, 1.54) is 25.7 Å². The van der Waals surface area contributed by atoms with E-state index in [9.17, 15) is 4.79 Å². The molecule has 0 atom stereocenters. The Morgan fingerprint density at radius 3 is 2.50 bits per heavy atom. The molecule has 1 fully saturated rings. The first-order valence-corrected chi connectivity index (χ1v) is 7.24. The Morgan fingerprint density at radius 1 is 1.30 bits per heavy atom. The molecule has 110 valence electrons. The second-order valence-corrected chi connectivity index (χ2v) is 6.43. The smallest absolute Gasteiger partial charge is 0.338 e. The molecule has 0 spiro atoms. The van der Waals surface area contributed by atoms with Gasteiger partial charge in [0.2, 0.25) is 0 Å². The second kappa shape index (κ2) is 5.73. The van der Waals surface area contributed by atoms with Crippen molar-refractivity contribution < 1.29 is 9.53 Å². The average Bonchev–Trinajstić information content (AvgIpc) is 2.82. The molecular weight excluding hydrogens is 252 g/mol. The van der Waals surface area contributed by atoms with Gasteiger partial charge in [0.15, 0.2) is 0 Å². The highest BCUT2D eigenvalue weighted by Gasteiger charge is 2.19. The van der Waals surface area contributed by atoms with Crippen molar-refractivity contribution >= 4 is 17.3 Å². The zero-order chi connectivity index (χ0) is 14.8. The molecule has 0 aromatic heterocycles. The molecule has 1 aliphatic rings. The Labute approximate surface area is 120 Å². The van der Waals surface area contributed by atoms with Crippen LogP contribution in [0.1, 0.15) is 56.8 Å². The highest BCUT2D eigenvalue weighted by Crippen LogP contribution is 2.27. The first-order valence-electron chi connectivity index (χ1n) is 7.24. The van der Waals surface area contributed by atoms with E-state index < -0.39 is 5.60 Å². The summed E-state index contributed by atoms with van der Waals surface area (Å²) >= 11 is 0. The molecule has 1 aromatic rings. The first-order chi connectivity index (χ1) is 9.35. The van der Waals surface area contributed by atoms with Crippen LogP contribution in [0.4, 0.5) is 11.4 Å². The number of nitrogen functional groups attached to an aromatic ring is 1. The Morgan fingerprint density at radius 2 is 1.95 bits per heavy atom. The lowest BCUT2D eigenvalue weighted by Gasteiger charge is -2.20. The molecule has 4 nitrogen and oxygen atoms in total. The molecule has 0 amide bonds. The van der Waals surface area contributed by atoms with Gasteiger partial charge >= 0.3 is 5.97 Å². The number of nitrogens with two attached hydrogens (primary N) is 1. The number of hydrogen-bond donors (Lipinski definition) is 2. The number of benzene rings is 1. The predicted molar refractivity (Wildman–Crippen MR) is 81.9 cm³/mol. The summed E-state index contributed by atoms with van der Waals surface area (Å²) in [6.45, 7) is 5.55. The standard InChI is InChI=1S/C16H24N2O2/c1-16(2,3)20-15(19)11-8-9-14(13(17)10-11)18-12-6-4-5-7-12/h8-10,12,18H,4-7,17H2,1-3H3. The summed E-state index contributed by atoms with van der Waals surface area (Å²) in [6.07, 6.45) is 4.92. The van der Waals surface area contributed by atoms with Crippen LogP contribution in [-0.4, -0.2) is 17.6 Å². The molecule has 1 saturated carbocycles. The minimum absolute atomic E-state index is 0.336. The summed E-state index contributed by atoms with van der Waals surface area (Å²) in [5, 5.41) is 3.45. The fourth-order valence-corrected chi connectivity index (χ4v) is 2.45. The molecule has 0 aliphatic heterocycles. The monoisotopic (exact) mass is 276 g/mol. The van der Waals surface area contributed by atoms with Crippen molar-refractivity contribution in [2.75, 3.05) is 11.1 Å². The molecule has 4 heteroatoms. The molecule has 0 unspecified atom stereocenters. The van der Waals surface area contributed by atoms with Gasteiger partial charge in [-0.05, 0) is 51.8 Å². The number of hydrogen-bond acceptors (Lipinski definition) is 4. The summed E-state index contributed by atoms with van der Waals surface area (Å²) in [6, 6.07) is 5.82. The Balaban J connectivity index is 2.06. The van der Waals surface area contributed by atoms with Gasteiger partial charge in [-0.15, -0.1) is 0 Å². The van der Waals surface area contributed by atoms with E-state index >= 15 is 0 Å². The van der Waals surface area contributed by atoms with Gasteiger partial charge in [-0.2, -0.15) is 0 Å². The van der Waals surface area contributed by atoms with Crippen molar-refractivity contribution in [1.29, 1.82) is 0 Å². The number of nitrogens with one attached hydrogen (secondary N) is 1. The van der Waals surface area contributed by atoms with E-state index in [0.717, 1.165) is 5.69 Å². The summed E-state index contributed by atoms with van der Waals surface area (Å²) in [4.78, 5) is 12.0. The predicted octanol–water partition coefficient (Wildman–Crippen LogP) is 3.58. The molecule has 0 heterocycles. The summed E-state index contributed by atoms with van der Waals surface area (Å²) in [7, 11) is 0. The van der Waals surface area contributed by atoms with Crippen LogP contribution in [0, 0.1) is 0 Å². The molecule has 1 aromatic carbocycles. The van der Waals surface area contributed by atoms with Gasteiger partial charge in [0.05, 0.1) is 16.9 Å². The van der Waals surface area contributed by atoms with Crippen molar-refractivity contribution in [3.05, 3.63) is 23.8 Å². The molecule has 0 bridgehead atoms. The van der Waals surface area contributed by atoms with Crippen LogP contribution in [0.2, 0.25) is 0 Å². The third kappa shape index (κ3) is 3.89. The van der Waals surface area contributed by atoms with Crippen molar-refractivity contribution in [2.24, 2.45) is 0 Å². The maximum atomic E-state index is 12.0. The second-order valence-electron chi connectivity index (χ2n) is 6.43. The average molecular weight is 276 g/mol. The molecule has 0 radical (unpaired) electrons. The molecule has 1 aliphatic carbocycles. The summed E-state index contributed by atoms with van der Waals surface area (Å²) < 4.78 is 5.34. The van der Waals surface area contributed by atoms with E-state index in [1.807, 2.05) is 26.8 Å². The van der Waals surface area contributed by atoms with E-state index in [1.54, 1.807) is 12.1 Å². The number of carbonyl (C=O) groups is 1. The van der Waals surface area contributed by atoms with Crippen LogP contribution >= 0.6 is 0 Å². The lowest BCUT2D eigenvalue weighted by molar-refractivity contribution is 0.00696. The lowest BCUT2D eigenvalue weighted by atomic mass is 10.1. The number of anilines is 2. The Kier molecular flexibility index (Phi) is 4.21. The fraction of sp³-hybridized carbons (Fsp3) is 0.562. The van der Waals surface area contributed by atoms with Gasteiger partial charge in [0, 0.05) is 6.04 Å². The largest absolute Gasteiger partial charge is 0.456 e. The zero-order valence-electron chi connectivity index (χ0n) is 12.5. The molecule has 0 saturated heterocycles. The number of esters is 1. The molecule has 20 heavy (non-hydrogen) atoms. The normalized spacial score (nSPS) is 16.1. The van der Waals surface area contributed by atoms with E-state index in [0.29, 0.717) is 17.3 Å². The van der Waals surface area contributed by atoms with Gasteiger partial charge in [0.25, 0.3) is 0 Å². The Hall–Kier alpha value is -1.71. The highest BCUT2D eigenvalue weighted by molar-refractivity contribution is 5.92. The lowest BCUT2D eigenvalue weighted by Crippen LogP contribution is -2.24. The van der Waals surface area contributed by atoms with Crippen LogP contribution < -0.4 is 11.1 Å². The highest BCUT2D eigenvalue weighted by atomic mass is 16.6. The Bertz CT molecular complexity index is 486. The van der Waals surface area contributed by atoms with Crippen LogP contribution in [0.15, 0.2) is 18.2 Å². The number of carbonyl (C=O) groups excluding carboxylic acids is 1. The SMILES string of the molecule is CC(C)(C)OC(=O)c1ccc(NC2CCCC2)c(N)c1. The van der Waals surface area contributed by atoms with Crippen LogP contribution in [-0.2, 0) is 4.74 Å². The summed E-state index contributed by atoms with van der Waals surface area (Å²) in [5.74, 6) is -0.336. The maximum absolute atomic E-state index is 12.0. The van der Waals surface area contributed by atoms with Crippen molar-refractivity contribution in [2.45, 2.75) is 58.1 Å². The molecular formula is C16H24N2O2. The van der Waals surface area contributed by atoms with Gasteiger partial charge in [-0.1, -0.05) is 12.8 Å². The van der Waals surface area contributed by atoms with E-state index in [-0.39, 0.29) is 5.97 Å². The molecule has 2 rings (SSSR count). The van der Waals surface area contributed by atoms with Crippen molar-refractivity contribution in [3.63, 3.8) is 0 Å². The topological polar surface area (TPSA) is 64.3 Å². The van der Waals surface area contributed by atoms with Gasteiger partial charge in [-0.3, -0.25) is 0 Å². The first kappa shape index (κ1) is 14.7. The van der Waals surface area contributed by atoms with Gasteiger partial charge in [-0.25, -0.2) is 4.79 Å². The van der Waals surface area contributed by atoms with E-state index in [4.69, 9.17) is 10.5 Å². The van der Waals surface area contributed by atoms with Crippen LogP contribution in [0.25, 0.3) is 0 Å². The minimum atomic E-state index is -0.493. The van der Waals surface area contributed by atoms with E-state index in [2.05, 4.69) is 5.32 Å². The molecule has 3 N–H and O–H groups in total. The van der Waals surface area contributed by atoms with Crippen LogP contribution in [0.5, 0.6) is 0 Å². The number of rotatable bonds is 3. The van der Waals surface area contributed by atoms with Crippen molar-refractivity contribution in [3.8, 4) is 0 Å². The van der Waals surface area contributed by atoms with Crippen LogP contribution in [0.3, 0.4) is 0 Å². The summed E-state index contributed by atoms with van der Waals surface area (Å²) in [5.41, 5.74) is 7.54. The maximum Gasteiger partial charge on any atom is 0.338 e. The minimum Gasteiger partial charge on any atom is -0.456 e. The third-order valence-electron chi connectivity index (χ3n) is 3.40. The van der Waals surface area contributed by atoms with Gasteiger partial charge in [0.1, 0.15) is 5.60 Å². The third-order valence-corrected chi connectivity index (χ3v) is 3.40. The fourth-order valence-electron chi connectivity index (χ4n) is 2.45. The van der Waals surface area contributed by atoms with Crippen molar-refractivity contribution in [1.82, 2.24) is 0 Å². The zero-order valence-corrected chi connectivity index (χ0v) is 12.5. The quantitative estimate of drug-likeness (QED) is 0.654.